The minimum absolute atomic E-state index is 0.617. The van der Waals surface area contributed by atoms with Crippen molar-refractivity contribution in [3.63, 3.8) is 0 Å². The molecule has 56 heavy (non-hydrogen) atoms. The first-order chi connectivity index (χ1) is 27.7. The summed E-state index contributed by atoms with van der Waals surface area (Å²) in [5.41, 5.74) is 11.5. The highest BCUT2D eigenvalue weighted by atomic mass is 32.1. The summed E-state index contributed by atoms with van der Waals surface area (Å²) in [5, 5.41) is 4.52. The monoisotopic (exact) mass is 733 g/mol. The van der Waals surface area contributed by atoms with Crippen molar-refractivity contribution >= 4 is 53.4 Å². The van der Waals surface area contributed by atoms with Gasteiger partial charge in [0.25, 0.3) is 0 Å². The molecular formula is C51H31N3OS. The molecule has 0 atom stereocenters. The summed E-state index contributed by atoms with van der Waals surface area (Å²) in [4.78, 5) is 15.3. The number of thiophene rings is 1. The standard InChI is InChI=1S/C51H31N3OS/c1-3-11-32(12-4-1)33-21-23-34(24-22-33)35-25-27-36(28-26-35)39-16-9-17-41-44-31-38(29-30-45(44)55-47(39)41)50-52-49(37-13-5-2-6-14-37)53-51(54-50)43-19-10-18-42-40-15-7-8-20-46(40)56-48(42)43/h1-31H. The topological polar surface area (TPSA) is 51.8 Å². The molecule has 0 aliphatic heterocycles. The van der Waals surface area contributed by atoms with Crippen molar-refractivity contribution in [2.45, 2.75) is 0 Å². The average Bonchev–Trinajstić information content (AvgIpc) is 3.85. The Morgan fingerprint density at radius 1 is 0.339 bits per heavy atom. The van der Waals surface area contributed by atoms with E-state index in [-0.39, 0.29) is 0 Å². The third kappa shape index (κ3) is 5.56. The van der Waals surface area contributed by atoms with Crippen molar-refractivity contribution in [2.75, 3.05) is 0 Å². The second kappa shape index (κ2) is 13.3. The summed E-state index contributed by atoms with van der Waals surface area (Å²) in [7, 11) is 0. The van der Waals surface area contributed by atoms with Gasteiger partial charge in [0.15, 0.2) is 17.5 Å². The van der Waals surface area contributed by atoms with E-state index < -0.39 is 0 Å². The minimum atomic E-state index is 0.617. The maximum atomic E-state index is 6.61. The van der Waals surface area contributed by atoms with E-state index in [0.717, 1.165) is 49.8 Å². The Labute approximate surface area is 327 Å². The SMILES string of the molecule is c1ccc(-c2ccc(-c3ccc(-c4cccc5c4oc4ccc(-c6nc(-c7ccccc7)nc(-c7cccc8c7sc7ccccc78)n6)cc45)cc3)cc2)cc1. The highest BCUT2D eigenvalue weighted by molar-refractivity contribution is 7.26. The Morgan fingerprint density at radius 3 is 1.57 bits per heavy atom. The number of fused-ring (bicyclic) bond motifs is 6. The molecule has 5 heteroatoms. The Kier molecular flexibility index (Phi) is 7.64. The molecule has 262 valence electrons. The molecule has 11 rings (SSSR count). The van der Waals surface area contributed by atoms with Crippen LogP contribution >= 0.6 is 11.3 Å². The van der Waals surface area contributed by atoms with Gasteiger partial charge in [-0.2, -0.15) is 0 Å². The van der Waals surface area contributed by atoms with Crippen LogP contribution in [0.4, 0.5) is 0 Å². The maximum Gasteiger partial charge on any atom is 0.165 e. The fourth-order valence-corrected chi connectivity index (χ4v) is 8.97. The lowest BCUT2D eigenvalue weighted by Crippen LogP contribution is -2.00. The summed E-state index contributed by atoms with van der Waals surface area (Å²) in [6.07, 6.45) is 0. The lowest BCUT2D eigenvalue weighted by atomic mass is 9.97. The van der Waals surface area contributed by atoms with Crippen LogP contribution in [0.3, 0.4) is 0 Å². The van der Waals surface area contributed by atoms with Gasteiger partial charge in [-0.3, -0.25) is 0 Å². The smallest absolute Gasteiger partial charge is 0.165 e. The zero-order chi connectivity index (χ0) is 37.0. The number of aromatic nitrogens is 3. The highest BCUT2D eigenvalue weighted by Crippen LogP contribution is 2.41. The van der Waals surface area contributed by atoms with E-state index in [4.69, 9.17) is 19.4 Å². The molecule has 3 aromatic heterocycles. The summed E-state index contributed by atoms with van der Waals surface area (Å²) >= 11 is 1.78. The largest absolute Gasteiger partial charge is 0.455 e. The first-order valence-corrected chi connectivity index (χ1v) is 19.5. The van der Waals surface area contributed by atoms with E-state index in [1.54, 1.807) is 11.3 Å². The van der Waals surface area contributed by atoms with Gasteiger partial charge in [0.05, 0.1) is 0 Å². The molecule has 0 saturated carbocycles. The lowest BCUT2D eigenvalue weighted by molar-refractivity contribution is 0.670. The summed E-state index contributed by atoms with van der Waals surface area (Å²) < 4.78 is 9.02. The molecule has 0 bridgehead atoms. The molecule has 0 saturated heterocycles. The molecule has 3 heterocycles. The van der Waals surface area contributed by atoms with Gasteiger partial charge in [-0.1, -0.05) is 158 Å². The summed E-state index contributed by atoms with van der Waals surface area (Å²) in [6, 6.07) is 65.7. The molecule has 4 nitrogen and oxygen atoms in total. The molecule has 0 radical (unpaired) electrons. The molecule has 0 amide bonds. The van der Waals surface area contributed by atoms with Gasteiger partial charge in [-0.15, -0.1) is 11.3 Å². The van der Waals surface area contributed by atoms with Crippen LogP contribution in [0.1, 0.15) is 0 Å². The van der Waals surface area contributed by atoms with Gasteiger partial charge >= 0.3 is 0 Å². The number of hydrogen-bond donors (Lipinski definition) is 0. The average molecular weight is 734 g/mol. The predicted molar refractivity (Wildman–Crippen MR) is 233 cm³/mol. The number of benzene rings is 8. The first-order valence-electron chi connectivity index (χ1n) is 18.7. The van der Waals surface area contributed by atoms with Crippen LogP contribution in [0.15, 0.2) is 192 Å². The van der Waals surface area contributed by atoms with Crippen molar-refractivity contribution < 1.29 is 4.42 Å². The van der Waals surface area contributed by atoms with Crippen LogP contribution in [0.25, 0.3) is 110 Å². The fraction of sp³-hybridized carbons (Fsp3) is 0. The third-order valence-electron chi connectivity index (χ3n) is 10.6. The van der Waals surface area contributed by atoms with E-state index in [1.165, 1.54) is 42.4 Å². The number of hydrogen-bond acceptors (Lipinski definition) is 5. The van der Waals surface area contributed by atoms with E-state index in [1.807, 2.05) is 42.5 Å². The number of para-hydroxylation sites is 1. The minimum Gasteiger partial charge on any atom is -0.455 e. The number of nitrogens with zero attached hydrogens (tertiary/aromatic N) is 3. The second-order valence-corrected chi connectivity index (χ2v) is 15.0. The Bertz CT molecular complexity index is 3220. The zero-order valence-electron chi connectivity index (χ0n) is 30.1. The first kappa shape index (κ1) is 32.2. The van der Waals surface area contributed by atoms with Crippen LogP contribution in [0.5, 0.6) is 0 Å². The van der Waals surface area contributed by atoms with Gasteiger partial charge in [0, 0.05) is 53.2 Å². The molecule has 8 aromatic carbocycles. The Balaban J connectivity index is 0.985. The summed E-state index contributed by atoms with van der Waals surface area (Å²) in [5.74, 6) is 1.91. The fourth-order valence-electron chi connectivity index (χ4n) is 7.76. The maximum absolute atomic E-state index is 6.61. The molecule has 0 unspecified atom stereocenters. The van der Waals surface area contributed by atoms with E-state index in [9.17, 15) is 0 Å². The quantitative estimate of drug-likeness (QED) is 0.171. The van der Waals surface area contributed by atoms with Crippen molar-refractivity contribution in [2.24, 2.45) is 0 Å². The van der Waals surface area contributed by atoms with E-state index in [2.05, 4.69) is 146 Å². The van der Waals surface area contributed by atoms with Crippen molar-refractivity contribution in [1.82, 2.24) is 15.0 Å². The van der Waals surface area contributed by atoms with Crippen LogP contribution in [-0.4, -0.2) is 15.0 Å². The molecule has 0 N–H and O–H groups in total. The molecule has 0 aliphatic rings. The molecule has 0 aliphatic carbocycles. The lowest BCUT2D eigenvalue weighted by Gasteiger charge is -2.09. The zero-order valence-corrected chi connectivity index (χ0v) is 30.9. The molecular weight excluding hydrogens is 703 g/mol. The van der Waals surface area contributed by atoms with Crippen molar-refractivity contribution in [1.29, 1.82) is 0 Å². The van der Waals surface area contributed by atoms with Gasteiger partial charge in [0.1, 0.15) is 11.2 Å². The van der Waals surface area contributed by atoms with Gasteiger partial charge < -0.3 is 4.42 Å². The predicted octanol–water partition coefficient (Wildman–Crippen LogP) is 14.1. The molecule has 0 fully saturated rings. The van der Waals surface area contributed by atoms with Crippen LogP contribution in [0.2, 0.25) is 0 Å². The van der Waals surface area contributed by atoms with Gasteiger partial charge in [0.2, 0.25) is 0 Å². The van der Waals surface area contributed by atoms with E-state index in [0.29, 0.717) is 17.5 Å². The third-order valence-corrected chi connectivity index (χ3v) is 11.8. The van der Waals surface area contributed by atoms with Gasteiger partial charge in [-0.25, -0.2) is 15.0 Å². The normalized spacial score (nSPS) is 11.6. The van der Waals surface area contributed by atoms with Crippen LogP contribution in [0, 0.1) is 0 Å². The molecule has 11 aromatic rings. The van der Waals surface area contributed by atoms with Gasteiger partial charge in [-0.05, 0) is 58.1 Å². The van der Waals surface area contributed by atoms with Crippen LogP contribution in [-0.2, 0) is 0 Å². The van der Waals surface area contributed by atoms with Crippen molar-refractivity contribution in [3.05, 3.63) is 188 Å². The summed E-state index contributed by atoms with van der Waals surface area (Å²) in [6.45, 7) is 0. The highest BCUT2D eigenvalue weighted by Gasteiger charge is 2.18. The number of furan rings is 1. The van der Waals surface area contributed by atoms with Crippen molar-refractivity contribution in [3.8, 4) is 67.5 Å². The Morgan fingerprint density at radius 2 is 0.857 bits per heavy atom. The van der Waals surface area contributed by atoms with Crippen LogP contribution < -0.4 is 0 Å². The Hall–Kier alpha value is -7.21. The number of rotatable bonds is 6. The van der Waals surface area contributed by atoms with E-state index >= 15 is 0 Å². The molecule has 0 spiro atoms. The second-order valence-electron chi connectivity index (χ2n) is 14.0.